The van der Waals surface area contributed by atoms with Crippen molar-refractivity contribution < 1.29 is 32.6 Å². The van der Waals surface area contributed by atoms with Crippen LogP contribution in [0.3, 0.4) is 0 Å². The highest BCUT2D eigenvalue weighted by atomic mass is 19.4. The summed E-state index contributed by atoms with van der Waals surface area (Å²) in [5.41, 5.74) is 0.811. The third-order valence-corrected chi connectivity index (χ3v) is 5.24. The fourth-order valence-electron chi connectivity index (χ4n) is 3.43. The minimum absolute atomic E-state index is 0.0229. The van der Waals surface area contributed by atoms with E-state index in [1.807, 2.05) is 6.92 Å². The van der Waals surface area contributed by atoms with Gasteiger partial charge in [-0.2, -0.15) is 13.2 Å². The first-order valence-electron chi connectivity index (χ1n) is 10.2. The van der Waals surface area contributed by atoms with Crippen molar-refractivity contribution in [2.45, 2.75) is 51.4 Å². The van der Waals surface area contributed by atoms with Gasteiger partial charge in [-0.25, -0.2) is 0 Å². The summed E-state index contributed by atoms with van der Waals surface area (Å²) in [5.74, 6) is -0.515. The van der Waals surface area contributed by atoms with Crippen molar-refractivity contribution in [3.63, 3.8) is 0 Å². The van der Waals surface area contributed by atoms with Crippen molar-refractivity contribution >= 4 is 17.5 Å². The van der Waals surface area contributed by atoms with Crippen LogP contribution in [0.15, 0.2) is 18.2 Å². The van der Waals surface area contributed by atoms with Crippen LogP contribution in [0.5, 0.6) is 5.75 Å². The number of halogens is 3. The molecule has 0 unspecified atom stereocenters. The second kappa shape index (κ2) is 10.8. The Morgan fingerprint density at radius 1 is 1.39 bits per heavy atom. The van der Waals surface area contributed by atoms with Gasteiger partial charge in [0.15, 0.2) is 0 Å². The Hall–Kier alpha value is -2.33. The van der Waals surface area contributed by atoms with Crippen LogP contribution >= 0.6 is 0 Å². The number of ether oxygens (including phenoxy) is 1. The summed E-state index contributed by atoms with van der Waals surface area (Å²) in [6.07, 6.45) is -6.57. The van der Waals surface area contributed by atoms with Crippen molar-refractivity contribution in [1.29, 1.82) is 0 Å². The third-order valence-electron chi connectivity index (χ3n) is 5.24. The van der Waals surface area contributed by atoms with E-state index in [4.69, 9.17) is 4.74 Å². The highest BCUT2D eigenvalue weighted by molar-refractivity contribution is 5.91. The predicted molar refractivity (Wildman–Crippen MR) is 110 cm³/mol. The molecule has 2 amide bonds. The molecule has 0 saturated carbocycles. The number of aliphatic hydroxyl groups excluding tert-OH is 1. The molecule has 0 spiro atoms. The Morgan fingerprint density at radius 2 is 2.10 bits per heavy atom. The molecule has 1 heterocycles. The molecule has 7 nitrogen and oxygen atoms in total. The van der Waals surface area contributed by atoms with Gasteiger partial charge >= 0.3 is 6.18 Å². The average Bonchev–Trinajstić information content (AvgIpc) is 2.74. The van der Waals surface area contributed by atoms with Crippen molar-refractivity contribution in [3.05, 3.63) is 23.8 Å². The number of nitrogens with one attached hydrogen (secondary N) is 2. The predicted octanol–water partition coefficient (Wildman–Crippen LogP) is 2.34. The van der Waals surface area contributed by atoms with E-state index in [2.05, 4.69) is 10.6 Å². The number of anilines is 1. The van der Waals surface area contributed by atoms with Crippen molar-refractivity contribution in [2.24, 2.45) is 5.92 Å². The molecule has 0 aromatic heterocycles. The number of hydrogen-bond donors (Lipinski definition) is 3. The molecule has 1 aliphatic heterocycles. The molecule has 10 heteroatoms. The molecule has 3 atom stereocenters. The fraction of sp³-hybridized carbons (Fsp3) is 0.619. The molecular formula is C21H30F3N3O4. The summed E-state index contributed by atoms with van der Waals surface area (Å²) < 4.78 is 43.2. The first-order chi connectivity index (χ1) is 14.5. The van der Waals surface area contributed by atoms with E-state index in [0.717, 1.165) is 0 Å². The maximum absolute atomic E-state index is 13.0. The molecule has 1 aliphatic rings. The first-order valence-corrected chi connectivity index (χ1v) is 10.2. The van der Waals surface area contributed by atoms with Crippen molar-refractivity contribution in [3.8, 4) is 5.75 Å². The number of carbonyl (C=O) groups excluding carboxylic acids is 2. The SMILES string of the molecule is CNC[C@H]1Oc2ccc(NC(=O)CCC(F)(F)F)cc2CC(=O)N([C@H](C)CO)C[C@H]1C. The lowest BCUT2D eigenvalue weighted by Crippen LogP contribution is -2.47. The molecule has 2 rings (SSSR count). The zero-order valence-corrected chi connectivity index (χ0v) is 18.0. The Bertz CT molecular complexity index is 773. The maximum Gasteiger partial charge on any atom is 0.389 e. The number of carbonyl (C=O) groups is 2. The van der Waals surface area contributed by atoms with Gasteiger partial charge in [0.05, 0.1) is 25.5 Å². The van der Waals surface area contributed by atoms with Gasteiger partial charge in [0.1, 0.15) is 11.9 Å². The van der Waals surface area contributed by atoms with Crippen LogP contribution in [-0.4, -0.2) is 66.9 Å². The summed E-state index contributed by atoms with van der Waals surface area (Å²) in [6, 6.07) is 4.33. The lowest BCUT2D eigenvalue weighted by atomic mass is 10.0. The van der Waals surface area contributed by atoms with Crippen molar-refractivity contribution in [1.82, 2.24) is 10.2 Å². The van der Waals surface area contributed by atoms with Gasteiger partial charge in [-0.05, 0) is 32.2 Å². The maximum atomic E-state index is 13.0. The van der Waals surface area contributed by atoms with Crippen LogP contribution in [0.25, 0.3) is 0 Å². The van der Waals surface area contributed by atoms with Gasteiger partial charge in [0.25, 0.3) is 0 Å². The van der Waals surface area contributed by atoms with Crippen LogP contribution in [0, 0.1) is 5.92 Å². The van der Waals surface area contributed by atoms with E-state index in [1.54, 1.807) is 37.1 Å². The normalized spacial score (nSPS) is 20.7. The summed E-state index contributed by atoms with van der Waals surface area (Å²) >= 11 is 0. The third kappa shape index (κ3) is 7.39. The van der Waals surface area contributed by atoms with E-state index in [9.17, 15) is 27.9 Å². The smallest absolute Gasteiger partial charge is 0.389 e. The number of benzene rings is 1. The number of rotatable bonds is 7. The average molecular weight is 445 g/mol. The summed E-state index contributed by atoms with van der Waals surface area (Å²) in [7, 11) is 1.79. The Balaban J connectivity index is 2.29. The molecule has 31 heavy (non-hydrogen) atoms. The highest BCUT2D eigenvalue weighted by Gasteiger charge is 2.30. The molecule has 1 aromatic carbocycles. The van der Waals surface area contributed by atoms with E-state index < -0.39 is 24.9 Å². The van der Waals surface area contributed by atoms with Crippen LogP contribution in [0.2, 0.25) is 0 Å². The van der Waals surface area contributed by atoms with Gasteiger partial charge in [-0.1, -0.05) is 6.92 Å². The van der Waals surface area contributed by atoms with E-state index in [-0.39, 0.29) is 37.0 Å². The number of amides is 2. The minimum Gasteiger partial charge on any atom is -0.488 e. The van der Waals surface area contributed by atoms with Crippen LogP contribution in [0.1, 0.15) is 32.3 Å². The molecule has 0 radical (unpaired) electrons. The summed E-state index contributed by atoms with van der Waals surface area (Å²) in [5, 5.41) is 15.1. The largest absolute Gasteiger partial charge is 0.488 e. The van der Waals surface area contributed by atoms with E-state index in [1.165, 1.54) is 0 Å². The second-order valence-electron chi connectivity index (χ2n) is 7.93. The molecule has 0 saturated heterocycles. The molecule has 0 aliphatic carbocycles. The molecular weight excluding hydrogens is 415 g/mol. The van der Waals surface area contributed by atoms with Gasteiger partial charge in [-0.15, -0.1) is 0 Å². The number of likely N-dealkylation sites (N-methyl/N-ethyl adjacent to an activating group) is 1. The van der Waals surface area contributed by atoms with Gasteiger partial charge in [0.2, 0.25) is 11.8 Å². The lowest BCUT2D eigenvalue weighted by molar-refractivity contribution is -0.142. The quantitative estimate of drug-likeness (QED) is 0.599. The standard InChI is InChI=1S/C21H30F3N3O4/c1-13-11-27(14(2)12-28)20(30)9-15-8-16(26-19(29)6-7-21(22,23)24)4-5-17(15)31-18(13)10-25-3/h4-5,8,13-14,18,25,28H,6-7,9-12H2,1-3H3,(H,26,29)/t13-,14-,18-/m1/s1. The summed E-state index contributed by atoms with van der Waals surface area (Å²) in [4.78, 5) is 26.5. The van der Waals surface area contributed by atoms with Gasteiger partial charge < -0.3 is 25.4 Å². The van der Waals surface area contributed by atoms with Gasteiger partial charge in [0, 0.05) is 36.7 Å². The number of alkyl halides is 3. The first kappa shape index (κ1) is 24.9. The number of fused-ring (bicyclic) bond motifs is 1. The Kier molecular flexibility index (Phi) is 8.69. The molecule has 3 N–H and O–H groups in total. The van der Waals surface area contributed by atoms with Crippen molar-refractivity contribution in [2.75, 3.05) is 32.1 Å². The summed E-state index contributed by atoms with van der Waals surface area (Å²) in [6.45, 7) is 4.48. The van der Waals surface area contributed by atoms with Gasteiger partial charge in [-0.3, -0.25) is 9.59 Å². The Morgan fingerprint density at radius 3 is 2.71 bits per heavy atom. The fourth-order valence-corrected chi connectivity index (χ4v) is 3.43. The zero-order chi connectivity index (χ0) is 23.2. The number of aliphatic hydroxyl groups is 1. The topological polar surface area (TPSA) is 90.9 Å². The zero-order valence-electron chi connectivity index (χ0n) is 18.0. The highest BCUT2D eigenvalue weighted by Crippen LogP contribution is 2.29. The monoisotopic (exact) mass is 445 g/mol. The van der Waals surface area contributed by atoms with E-state index in [0.29, 0.717) is 30.1 Å². The van der Waals surface area contributed by atoms with Crippen LogP contribution in [0.4, 0.5) is 18.9 Å². The minimum atomic E-state index is -4.41. The number of nitrogens with zero attached hydrogens (tertiary/aromatic N) is 1. The van der Waals surface area contributed by atoms with Crippen LogP contribution < -0.4 is 15.4 Å². The molecule has 0 bridgehead atoms. The second-order valence-corrected chi connectivity index (χ2v) is 7.93. The lowest BCUT2D eigenvalue weighted by Gasteiger charge is -2.32. The number of hydrogen-bond acceptors (Lipinski definition) is 5. The Labute approximate surface area is 179 Å². The molecule has 1 aromatic rings. The van der Waals surface area contributed by atoms with Crippen LogP contribution in [-0.2, 0) is 16.0 Å². The van der Waals surface area contributed by atoms with E-state index >= 15 is 0 Å². The molecule has 0 fully saturated rings. The molecule has 174 valence electrons.